The summed E-state index contributed by atoms with van der Waals surface area (Å²) in [6.07, 6.45) is 0. The number of hydrogen-bond donors (Lipinski definition) is 1. The van der Waals surface area contributed by atoms with Gasteiger partial charge in [0, 0.05) is 5.56 Å². The molecule has 2 rings (SSSR count). The number of methoxy groups -OCH3 is 1. The molecule has 21 heavy (non-hydrogen) atoms. The first-order valence-electron chi connectivity index (χ1n) is 7.17. The van der Waals surface area contributed by atoms with E-state index in [2.05, 4.69) is 43.4 Å². The van der Waals surface area contributed by atoms with Gasteiger partial charge in [0.05, 0.1) is 13.2 Å². The predicted molar refractivity (Wildman–Crippen MR) is 84.4 cm³/mol. The zero-order valence-corrected chi connectivity index (χ0v) is 13.0. The molecule has 1 unspecified atom stereocenters. The number of ether oxygens (including phenoxy) is 1. The maximum Gasteiger partial charge on any atom is 0.124 e. The van der Waals surface area contributed by atoms with E-state index >= 15 is 0 Å². The van der Waals surface area contributed by atoms with Gasteiger partial charge in [-0.15, -0.1) is 0 Å². The van der Waals surface area contributed by atoms with Crippen LogP contribution in [0.3, 0.4) is 0 Å². The van der Waals surface area contributed by atoms with Gasteiger partial charge < -0.3 is 10.1 Å². The number of rotatable bonds is 5. The molecule has 112 valence electrons. The lowest BCUT2D eigenvalue weighted by atomic mass is 9.95. The number of benzene rings is 2. The summed E-state index contributed by atoms with van der Waals surface area (Å²) in [5.41, 5.74) is 3.18. The van der Waals surface area contributed by atoms with Gasteiger partial charge in [-0.05, 0) is 42.3 Å². The monoisotopic (exact) mass is 287 g/mol. The van der Waals surface area contributed by atoms with Crippen LogP contribution in [0.25, 0.3) is 0 Å². The van der Waals surface area contributed by atoms with Gasteiger partial charge in [0.2, 0.25) is 0 Å². The molecule has 2 aromatic rings. The number of nitrogens with one attached hydrogen (secondary N) is 1. The molecule has 1 atom stereocenters. The molecule has 2 nitrogen and oxygen atoms in total. The van der Waals surface area contributed by atoms with E-state index in [1.807, 2.05) is 7.05 Å². The van der Waals surface area contributed by atoms with E-state index < -0.39 is 0 Å². The zero-order chi connectivity index (χ0) is 15.4. The lowest BCUT2D eigenvalue weighted by molar-refractivity contribution is 0.404. The van der Waals surface area contributed by atoms with Gasteiger partial charge >= 0.3 is 0 Å². The Morgan fingerprint density at radius 3 is 2.14 bits per heavy atom. The third-order valence-electron chi connectivity index (χ3n) is 3.73. The van der Waals surface area contributed by atoms with Crippen LogP contribution in [0.2, 0.25) is 0 Å². The van der Waals surface area contributed by atoms with Crippen molar-refractivity contribution in [3.8, 4) is 5.75 Å². The topological polar surface area (TPSA) is 21.3 Å². The Hall–Kier alpha value is -1.87. The Kier molecular flexibility index (Phi) is 4.97. The number of halogens is 1. The molecule has 0 saturated carbocycles. The quantitative estimate of drug-likeness (QED) is 0.887. The SMILES string of the molecule is CNC(c1ccc(C(C)C)cc1)c1cc(F)ccc1OC. The lowest BCUT2D eigenvalue weighted by Gasteiger charge is -2.20. The van der Waals surface area contributed by atoms with Crippen molar-refractivity contribution in [1.29, 1.82) is 0 Å². The average molecular weight is 287 g/mol. The van der Waals surface area contributed by atoms with Crippen molar-refractivity contribution in [1.82, 2.24) is 5.32 Å². The second-order valence-corrected chi connectivity index (χ2v) is 5.43. The van der Waals surface area contributed by atoms with Crippen LogP contribution in [0.15, 0.2) is 42.5 Å². The Labute approximate surface area is 126 Å². The summed E-state index contributed by atoms with van der Waals surface area (Å²) in [5.74, 6) is 0.921. The summed E-state index contributed by atoms with van der Waals surface area (Å²) in [4.78, 5) is 0. The molecular formula is C18H22FNO. The molecule has 0 aliphatic heterocycles. The van der Waals surface area contributed by atoms with Gasteiger partial charge in [-0.2, -0.15) is 0 Å². The van der Waals surface area contributed by atoms with Crippen molar-refractivity contribution in [3.63, 3.8) is 0 Å². The Balaban J connectivity index is 2.41. The van der Waals surface area contributed by atoms with E-state index in [4.69, 9.17) is 4.74 Å². The van der Waals surface area contributed by atoms with Crippen LogP contribution >= 0.6 is 0 Å². The largest absolute Gasteiger partial charge is 0.496 e. The van der Waals surface area contributed by atoms with E-state index in [-0.39, 0.29) is 11.9 Å². The molecule has 0 aliphatic rings. The van der Waals surface area contributed by atoms with Crippen molar-refractivity contribution in [2.45, 2.75) is 25.8 Å². The maximum absolute atomic E-state index is 13.6. The minimum absolute atomic E-state index is 0.100. The smallest absolute Gasteiger partial charge is 0.124 e. The van der Waals surface area contributed by atoms with Crippen molar-refractivity contribution >= 4 is 0 Å². The molecule has 0 bridgehead atoms. The van der Waals surface area contributed by atoms with Crippen LogP contribution in [0, 0.1) is 5.82 Å². The minimum atomic E-state index is -0.259. The average Bonchev–Trinajstić information content (AvgIpc) is 2.49. The van der Waals surface area contributed by atoms with Crippen LogP contribution in [0.5, 0.6) is 5.75 Å². The van der Waals surface area contributed by atoms with Gasteiger partial charge in [-0.3, -0.25) is 0 Å². The summed E-state index contributed by atoms with van der Waals surface area (Å²) in [5, 5.41) is 3.24. The van der Waals surface area contributed by atoms with Gasteiger partial charge in [-0.1, -0.05) is 38.1 Å². The molecule has 1 N–H and O–H groups in total. The predicted octanol–water partition coefficient (Wildman–Crippen LogP) is 4.27. The van der Waals surface area contributed by atoms with Crippen molar-refractivity contribution in [2.75, 3.05) is 14.2 Å². The molecule has 0 heterocycles. The highest BCUT2D eigenvalue weighted by molar-refractivity contribution is 5.42. The third kappa shape index (κ3) is 3.42. The summed E-state index contributed by atoms with van der Waals surface area (Å²) < 4.78 is 18.9. The first-order valence-corrected chi connectivity index (χ1v) is 7.17. The molecule has 0 aromatic heterocycles. The molecule has 0 amide bonds. The highest BCUT2D eigenvalue weighted by Crippen LogP contribution is 2.31. The Bertz CT molecular complexity index is 593. The summed E-state index contributed by atoms with van der Waals surface area (Å²) in [7, 11) is 3.47. The minimum Gasteiger partial charge on any atom is -0.496 e. The summed E-state index contributed by atoms with van der Waals surface area (Å²) >= 11 is 0. The number of hydrogen-bond acceptors (Lipinski definition) is 2. The molecule has 0 spiro atoms. The lowest BCUT2D eigenvalue weighted by Crippen LogP contribution is -2.18. The second-order valence-electron chi connectivity index (χ2n) is 5.43. The van der Waals surface area contributed by atoms with Gasteiger partial charge in [0.25, 0.3) is 0 Å². The first kappa shape index (κ1) is 15.5. The fourth-order valence-corrected chi connectivity index (χ4v) is 2.51. The highest BCUT2D eigenvalue weighted by atomic mass is 19.1. The fraction of sp³-hybridized carbons (Fsp3) is 0.333. The molecule has 0 fully saturated rings. The molecule has 0 aliphatic carbocycles. The molecule has 0 radical (unpaired) electrons. The Morgan fingerprint density at radius 2 is 1.62 bits per heavy atom. The fourth-order valence-electron chi connectivity index (χ4n) is 2.51. The van der Waals surface area contributed by atoms with Gasteiger partial charge in [0.1, 0.15) is 11.6 Å². The van der Waals surface area contributed by atoms with Crippen LogP contribution in [0.4, 0.5) is 4.39 Å². The van der Waals surface area contributed by atoms with Crippen molar-refractivity contribution < 1.29 is 9.13 Å². The normalized spacial score (nSPS) is 12.5. The Morgan fingerprint density at radius 1 is 1.00 bits per heavy atom. The molecular weight excluding hydrogens is 265 g/mol. The zero-order valence-electron chi connectivity index (χ0n) is 13.0. The summed E-state index contributed by atoms with van der Waals surface area (Å²) in [6, 6.07) is 12.9. The van der Waals surface area contributed by atoms with Crippen LogP contribution in [-0.2, 0) is 0 Å². The van der Waals surface area contributed by atoms with Crippen molar-refractivity contribution in [2.24, 2.45) is 0 Å². The van der Waals surface area contributed by atoms with Gasteiger partial charge in [0.15, 0.2) is 0 Å². The second kappa shape index (κ2) is 6.72. The van der Waals surface area contributed by atoms with Crippen LogP contribution in [0.1, 0.15) is 42.5 Å². The van der Waals surface area contributed by atoms with Gasteiger partial charge in [-0.25, -0.2) is 4.39 Å². The van der Waals surface area contributed by atoms with E-state index in [1.165, 1.54) is 17.7 Å². The standard InChI is InChI=1S/C18H22FNO/c1-12(2)13-5-7-14(8-6-13)18(20-3)16-11-15(19)9-10-17(16)21-4/h5-12,18,20H,1-4H3. The highest BCUT2D eigenvalue weighted by Gasteiger charge is 2.17. The molecule has 3 heteroatoms. The van der Waals surface area contributed by atoms with E-state index in [0.717, 1.165) is 11.1 Å². The van der Waals surface area contributed by atoms with Crippen molar-refractivity contribution in [3.05, 3.63) is 65.0 Å². The van der Waals surface area contributed by atoms with E-state index in [1.54, 1.807) is 13.2 Å². The molecule has 2 aromatic carbocycles. The van der Waals surface area contributed by atoms with Crippen LogP contribution < -0.4 is 10.1 Å². The van der Waals surface area contributed by atoms with E-state index in [0.29, 0.717) is 11.7 Å². The molecule has 0 saturated heterocycles. The maximum atomic E-state index is 13.6. The summed E-state index contributed by atoms with van der Waals surface area (Å²) in [6.45, 7) is 4.33. The third-order valence-corrected chi connectivity index (χ3v) is 3.73. The first-order chi connectivity index (χ1) is 10.1. The van der Waals surface area contributed by atoms with Crippen LogP contribution in [-0.4, -0.2) is 14.2 Å². The van der Waals surface area contributed by atoms with E-state index in [9.17, 15) is 4.39 Å².